The fourth-order valence-electron chi connectivity index (χ4n) is 3.89. The van der Waals surface area contributed by atoms with Gasteiger partial charge in [-0.25, -0.2) is 0 Å². The summed E-state index contributed by atoms with van der Waals surface area (Å²) in [5.41, 5.74) is 7.26. The van der Waals surface area contributed by atoms with Crippen LogP contribution < -0.4 is 14.2 Å². The summed E-state index contributed by atoms with van der Waals surface area (Å²) in [5.74, 6) is 0. The van der Waals surface area contributed by atoms with Crippen LogP contribution in [0.4, 0.5) is 11.4 Å². The minimum atomic E-state index is 1.18. The topological polar surface area (TPSA) is 15.0 Å². The van der Waals surface area contributed by atoms with Gasteiger partial charge in [-0.3, -0.25) is 0 Å². The molecular formula is C23H23N4+. The van der Waals surface area contributed by atoms with E-state index in [9.17, 15) is 0 Å². The predicted molar refractivity (Wildman–Crippen MR) is 114 cm³/mol. The molecule has 0 N–H and O–H groups in total. The maximum Gasteiger partial charge on any atom is 0.292 e. The average Bonchev–Trinajstić information content (AvgIpc) is 3.06. The highest BCUT2D eigenvalue weighted by Crippen LogP contribution is 2.25. The molecule has 4 nitrogen and oxygen atoms in total. The number of hydrogen-bond acceptors (Lipinski definition) is 2. The lowest BCUT2D eigenvalue weighted by atomic mass is 10.1. The van der Waals surface area contributed by atoms with E-state index < -0.39 is 0 Å². The summed E-state index contributed by atoms with van der Waals surface area (Å²) in [7, 11) is 8.31. The number of nitrogens with zero attached hydrogens (tertiary/aromatic N) is 4. The Morgan fingerprint density at radius 2 is 1.37 bits per heavy atom. The Morgan fingerprint density at radius 1 is 0.704 bits per heavy atom. The van der Waals surface area contributed by atoms with Crippen LogP contribution in [-0.4, -0.2) is 32.6 Å². The zero-order valence-electron chi connectivity index (χ0n) is 16.1. The van der Waals surface area contributed by atoms with Crippen LogP contribution in [0.2, 0.25) is 0 Å². The summed E-state index contributed by atoms with van der Waals surface area (Å²) in [6, 6.07) is 22.1. The molecule has 2 aromatic carbocycles. The second-order valence-electron chi connectivity index (χ2n) is 7.56. The van der Waals surface area contributed by atoms with Gasteiger partial charge in [0.15, 0.2) is 5.52 Å². The summed E-state index contributed by atoms with van der Waals surface area (Å²) in [6.07, 6.45) is 2.23. The summed E-state index contributed by atoms with van der Waals surface area (Å²) in [4.78, 5) is 4.28. The Labute approximate surface area is 158 Å². The van der Waals surface area contributed by atoms with Crippen molar-refractivity contribution in [3.05, 3.63) is 66.9 Å². The van der Waals surface area contributed by atoms with Crippen molar-refractivity contribution in [1.82, 2.24) is 4.40 Å². The van der Waals surface area contributed by atoms with Crippen LogP contribution in [0.15, 0.2) is 66.9 Å². The molecule has 0 spiro atoms. The number of pyridine rings is 2. The zero-order valence-corrected chi connectivity index (χ0v) is 16.1. The molecule has 3 aromatic heterocycles. The van der Waals surface area contributed by atoms with Crippen molar-refractivity contribution in [3.63, 3.8) is 0 Å². The molecule has 0 aliphatic rings. The SMILES string of the molecule is CN(C)c1ccc2c(ccc3c[n+]4c5ccc(N(C)C)cc5ccc4n32)c1. The quantitative estimate of drug-likeness (QED) is 0.443. The highest BCUT2D eigenvalue weighted by atomic mass is 15.1. The first-order chi connectivity index (χ1) is 13.0. The molecule has 27 heavy (non-hydrogen) atoms. The number of fused-ring (bicyclic) bond motifs is 7. The molecule has 0 radical (unpaired) electrons. The number of rotatable bonds is 2. The minimum absolute atomic E-state index is 1.18. The maximum absolute atomic E-state index is 2.34. The van der Waals surface area contributed by atoms with E-state index >= 15 is 0 Å². The van der Waals surface area contributed by atoms with E-state index in [1.807, 2.05) is 0 Å². The van der Waals surface area contributed by atoms with Crippen LogP contribution in [0.25, 0.3) is 33.0 Å². The number of hydrogen-bond donors (Lipinski definition) is 0. The lowest BCUT2D eigenvalue weighted by Crippen LogP contribution is -2.20. The monoisotopic (exact) mass is 355 g/mol. The Kier molecular flexibility index (Phi) is 3.31. The van der Waals surface area contributed by atoms with Gasteiger partial charge in [0.1, 0.15) is 17.2 Å². The summed E-state index contributed by atoms with van der Waals surface area (Å²) < 4.78 is 4.64. The smallest absolute Gasteiger partial charge is 0.292 e. The van der Waals surface area contributed by atoms with Crippen molar-refractivity contribution < 1.29 is 4.40 Å². The molecule has 0 bridgehead atoms. The standard InChI is InChI=1S/C23H23N4/c1-24(2)18-8-10-21-16(13-18)6-12-23-26(21)15-20-7-5-17-14-19(25(3)4)9-11-22(17)27(20)23/h5-15H,1-4H3/q+1. The van der Waals surface area contributed by atoms with E-state index in [2.05, 4.69) is 114 Å². The highest BCUT2D eigenvalue weighted by molar-refractivity contribution is 5.88. The molecule has 0 aliphatic heterocycles. The molecule has 3 heterocycles. The van der Waals surface area contributed by atoms with Gasteiger partial charge in [0.25, 0.3) is 5.65 Å². The van der Waals surface area contributed by atoms with E-state index in [4.69, 9.17) is 0 Å². The average molecular weight is 355 g/mol. The van der Waals surface area contributed by atoms with E-state index in [0.717, 1.165) is 0 Å². The van der Waals surface area contributed by atoms with Crippen molar-refractivity contribution in [1.29, 1.82) is 0 Å². The minimum Gasteiger partial charge on any atom is -0.378 e. The Morgan fingerprint density at radius 3 is 2.11 bits per heavy atom. The van der Waals surface area contributed by atoms with Crippen LogP contribution >= 0.6 is 0 Å². The van der Waals surface area contributed by atoms with E-state index in [0.29, 0.717) is 0 Å². The van der Waals surface area contributed by atoms with Crippen molar-refractivity contribution >= 4 is 44.3 Å². The highest BCUT2D eigenvalue weighted by Gasteiger charge is 2.17. The Balaban J connectivity index is 1.86. The van der Waals surface area contributed by atoms with Crippen molar-refractivity contribution in [2.75, 3.05) is 38.0 Å². The van der Waals surface area contributed by atoms with Crippen LogP contribution in [-0.2, 0) is 0 Å². The predicted octanol–water partition coefficient (Wildman–Crippen LogP) is 4.12. The normalized spacial score (nSPS) is 11.7. The number of benzene rings is 2. The number of aromatic nitrogens is 2. The van der Waals surface area contributed by atoms with Gasteiger partial charge in [0.05, 0.1) is 0 Å². The summed E-state index contributed by atoms with van der Waals surface area (Å²) in [6.45, 7) is 0. The van der Waals surface area contributed by atoms with Gasteiger partial charge >= 0.3 is 0 Å². The molecule has 5 aromatic rings. The van der Waals surface area contributed by atoms with Gasteiger partial charge < -0.3 is 9.80 Å². The molecule has 0 saturated carbocycles. The molecule has 0 unspecified atom stereocenters. The fraction of sp³-hybridized carbons (Fsp3) is 0.174. The van der Waals surface area contributed by atoms with Crippen LogP contribution in [0.1, 0.15) is 0 Å². The van der Waals surface area contributed by atoms with Gasteiger partial charge in [0.2, 0.25) is 0 Å². The van der Waals surface area contributed by atoms with Gasteiger partial charge in [-0.15, -0.1) is 0 Å². The molecule has 134 valence electrons. The molecule has 0 atom stereocenters. The first-order valence-electron chi connectivity index (χ1n) is 9.20. The third-order valence-corrected chi connectivity index (χ3v) is 5.40. The zero-order chi connectivity index (χ0) is 18.7. The van der Waals surface area contributed by atoms with Crippen molar-refractivity contribution in [2.24, 2.45) is 0 Å². The number of imidazole rings is 1. The van der Waals surface area contributed by atoms with E-state index in [1.54, 1.807) is 0 Å². The van der Waals surface area contributed by atoms with Gasteiger partial charge in [-0.2, -0.15) is 8.80 Å². The Bertz CT molecular complexity index is 1330. The third kappa shape index (κ3) is 2.33. The third-order valence-electron chi connectivity index (χ3n) is 5.40. The second-order valence-corrected chi connectivity index (χ2v) is 7.56. The van der Waals surface area contributed by atoms with Gasteiger partial charge in [-0.05, 0) is 54.6 Å². The molecule has 0 aliphatic carbocycles. The lowest BCUT2D eigenvalue weighted by Gasteiger charge is -2.12. The van der Waals surface area contributed by atoms with E-state index in [1.165, 1.54) is 44.3 Å². The summed E-state index contributed by atoms with van der Waals surface area (Å²) in [5, 5.41) is 2.49. The number of anilines is 2. The Hall–Kier alpha value is -3.27. The largest absolute Gasteiger partial charge is 0.378 e. The molecule has 5 rings (SSSR count). The molecule has 0 saturated heterocycles. The first-order valence-corrected chi connectivity index (χ1v) is 9.20. The van der Waals surface area contributed by atoms with Gasteiger partial charge in [-0.1, -0.05) is 0 Å². The fourth-order valence-corrected chi connectivity index (χ4v) is 3.89. The molecule has 0 fully saturated rings. The van der Waals surface area contributed by atoms with Crippen LogP contribution in [0.5, 0.6) is 0 Å². The molecule has 4 heteroatoms. The maximum atomic E-state index is 2.34. The molecular weight excluding hydrogens is 332 g/mol. The van der Waals surface area contributed by atoms with E-state index in [-0.39, 0.29) is 0 Å². The second kappa shape index (κ2) is 5.61. The summed E-state index contributed by atoms with van der Waals surface area (Å²) >= 11 is 0. The first kappa shape index (κ1) is 15.9. The lowest BCUT2D eigenvalue weighted by molar-refractivity contribution is -0.479. The van der Waals surface area contributed by atoms with Crippen molar-refractivity contribution in [2.45, 2.75) is 0 Å². The van der Waals surface area contributed by atoms with Crippen LogP contribution in [0.3, 0.4) is 0 Å². The van der Waals surface area contributed by atoms with Crippen LogP contribution in [0, 0.1) is 0 Å². The van der Waals surface area contributed by atoms with Gasteiger partial charge in [0, 0.05) is 56.4 Å². The van der Waals surface area contributed by atoms with Crippen molar-refractivity contribution in [3.8, 4) is 0 Å². The molecule has 0 amide bonds.